The van der Waals surface area contributed by atoms with Gasteiger partial charge in [0.15, 0.2) is 0 Å². The van der Waals surface area contributed by atoms with Gasteiger partial charge in [-0.2, -0.15) is 0 Å². The smallest absolute Gasteiger partial charge is 0.0475 e. The molecule has 0 bridgehead atoms. The van der Waals surface area contributed by atoms with Crippen LogP contribution in [0, 0.1) is 6.92 Å². The number of benzene rings is 1. The van der Waals surface area contributed by atoms with Crippen LogP contribution in [0.1, 0.15) is 18.9 Å². The van der Waals surface area contributed by atoms with Crippen molar-refractivity contribution in [1.82, 2.24) is 0 Å². The average Bonchev–Trinajstić information content (AvgIpc) is 2.03. The SMILES string of the molecule is CCCNc1ccc(C)cc1S. The molecule has 0 radical (unpaired) electrons. The van der Waals surface area contributed by atoms with E-state index in [1.165, 1.54) is 5.56 Å². The predicted molar refractivity (Wildman–Crippen MR) is 57.2 cm³/mol. The van der Waals surface area contributed by atoms with E-state index < -0.39 is 0 Å². The first-order valence-corrected chi connectivity index (χ1v) is 4.72. The third kappa shape index (κ3) is 2.45. The van der Waals surface area contributed by atoms with Crippen LogP contribution in [-0.4, -0.2) is 6.54 Å². The van der Waals surface area contributed by atoms with Gasteiger partial charge >= 0.3 is 0 Å². The van der Waals surface area contributed by atoms with Crippen LogP contribution in [0.15, 0.2) is 23.1 Å². The van der Waals surface area contributed by atoms with E-state index in [9.17, 15) is 0 Å². The van der Waals surface area contributed by atoms with E-state index in [0.29, 0.717) is 0 Å². The Morgan fingerprint density at radius 2 is 2.17 bits per heavy atom. The highest BCUT2D eigenvalue weighted by Crippen LogP contribution is 2.20. The average molecular weight is 181 g/mol. The zero-order chi connectivity index (χ0) is 8.97. The zero-order valence-electron chi connectivity index (χ0n) is 7.59. The highest BCUT2D eigenvalue weighted by atomic mass is 32.1. The lowest BCUT2D eigenvalue weighted by molar-refractivity contribution is 0.974. The summed E-state index contributed by atoms with van der Waals surface area (Å²) in [6.45, 7) is 5.24. The topological polar surface area (TPSA) is 12.0 Å². The third-order valence-corrected chi connectivity index (χ3v) is 2.09. The normalized spacial score (nSPS) is 9.92. The van der Waals surface area contributed by atoms with Crippen molar-refractivity contribution in [2.75, 3.05) is 11.9 Å². The molecule has 0 atom stereocenters. The molecule has 0 saturated carbocycles. The molecule has 0 unspecified atom stereocenters. The quantitative estimate of drug-likeness (QED) is 0.683. The Morgan fingerprint density at radius 3 is 2.75 bits per heavy atom. The largest absolute Gasteiger partial charge is 0.384 e. The molecule has 1 nitrogen and oxygen atoms in total. The third-order valence-electron chi connectivity index (χ3n) is 1.72. The summed E-state index contributed by atoms with van der Waals surface area (Å²) in [7, 11) is 0. The summed E-state index contributed by atoms with van der Waals surface area (Å²) in [5.74, 6) is 0. The molecule has 1 aromatic carbocycles. The molecule has 1 N–H and O–H groups in total. The Morgan fingerprint density at radius 1 is 1.42 bits per heavy atom. The Hall–Kier alpha value is -0.630. The van der Waals surface area contributed by atoms with Crippen LogP contribution in [0.4, 0.5) is 5.69 Å². The molecule has 1 rings (SSSR count). The standard InChI is InChI=1S/C10H15NS/c1-3-6-11-9-5-4-8(2)7-10(9)12/h4-5,7,11-12H,3,6H2,1-2H3. The van der Waals surface area contributed by atoms with Crippen LogP contribution in [0.5, 0.6) is 0 Å². The molecule has 0 saturated heterocycles. The number of thiol groups is 1. The molecule has 66 valence electrons. The molecule has 1 aromatic rings. The lowest BCUT2D eigenvalue weighted by Crippen LogP contribution is -2.00. The van der Waals surface area contributed by atoms with Crippen LogP contribution < -0.4 is 5.32 Å². The second kappa shape index (κ2) is 4.41. The maximum absolute atomic E-state index is 4.38. The van der Waals surface area contributed by atoms with Gasteiger partial charge in [-0.3, -0.25) is 0 Å². The van der Waals surface area contributed by atoms with E-state index >= 15 is 0 Å². The second-order valence-corrected chi connectivity index (χ2v) is 3.43. The Balaban J connectivity index is 2.72. The van der Waals surface area contributed by atoms with Crippen molar-refractivity contribution in [3.8, 4) is 0 Å². The van der Waals surface area contributed by atoms with Gasteiger partial charge in [-0.05, 0) is 31.0 Å². The van der Waals surface area contributed by atoms with Crippen LogP contribution in [-0.2, 0) is 0 Å². The first kappa shape index (κ1) is 9.46. The molecule has 2 heteroatoms. The van der Waals surface area contributed by atoms with Gasteiger partial charge in [0.05, 0.1) is 0 Å². The van der Waals surface area contributed by atoms with Gasteiger partial charge in [0.1, 0.15) is 0 Å². The highest BCUT2D eigenvalue weighted by Gasteiger charge is 1.96. The van der Waals surface area contributed by atoms with Gasteiger partial charge < -0.3 is 5.32 Å². The summed E-state index contributed by atoms with van der Waals surface area (Å²) < 4.78 is 0. The van der Waals surface area contributed by atoms with E-state index in [0.717, 1.165) is 23.5 Å². The van der Waals surface area contributed by atoms with Crippen molar-refractivity contribution in [2.45, 2.75) is 25.2 Å². The van der Waals surface area contributed by atoms with Gasteiger partial charge in [-0.1, -0.05) is 13.0 Å². The van der Waals surface area contributed by atoms with Crippen molar-refractivity contribution in [1.29, 1.82) is 0 Å². The molecule has 0 spiro atoms. The van der Waals surface area contributed by atoms with Crippen LogP contribution >= 0.6 is 12.6 Å². The zero-order valence-corrected chi connectivity index (χ0v) is 8.49. The molecule has 0 aromatic heterocycles. The lowest BCUT2D eigenvalue weighted by Gasteiger charge is -2.07. The van der Waals surface area contributed by atoms with Crippen molar-refractivity contribution in [2.24, 2.45) is 0 Å². The first-order valence-electron chi connectivity index (χ1n) is 4.27. The number of hydrogen-bond donors (Lipinski definition) is 2. The monoisotopic (exact) mass is 181 g/mol. The minimum Gasteiger partial charge on any atom is -0.384 e. The minimum atomic E-state index is 1.01. The van der Waals surface area contributed by atoms with Crippen LogP contribution in [0.3, 0.4) is 0 Å². The van der Waals surface area contributed by atoms with Gasteiger partial charge in [0.2, 0.25) is 0 Å². The summed E-state index contributed by atoms with van der Waals surface area (Å²) in [4.78, 5) is 1.03. The molecule has 0 aliphatic carbocycles. The van der Waals surface area contributed by atoms with Crippen molar-refractivity contribution >= 4 is 18.3 Å². The predicted octanol–water partition coefficient (Wildman–Crippen LogP) is 3.11. The summed E-state index contributed by atoms with van der Waals surface area (Å²) in [6.07, 6.45) is 1.14. The first-order chi connectivity index (χ1) is 5.74. The van der Waals surface area contributed by atoms with E-state index in [1.807, 2.05) is 0 Å². The summed E-state index contributed by atoms with van der Waals surface area (Å²) in [5, 5.41) is 3.31. The van der Waals surface area contributed by atoms with Crippen LogP contribution in [0.2, 0.25) is 0 Å². The Kier molecular flexibility index (Phi) is 3.48. The molecule has 0 heterocycles. The second-order valence-electron chi connectivity index (χ2n) is 2.95. The summed E-state index contributed by atoms with van der Waals surface area (Å²) in [5.41, 5.74) is 2.38. The maximum atomic E-state index is 4.38. The van der Waals surface area contributed by atoms with E-state index in [-0.39, 0.29) is 0 Å². The highest BCUT2D eigenvalue weighted by molar-refractivity contribution is 7.80. The molecular weight excluding hydrogens is 166 g/mol. The Labute approximate surface area is 79.6 Å². The maximum Gasteiger partial charge on any atom is 0.0475 e. The number of hydrogen-bond acceptors (Lipinski definition) is 2. The van der Waals surface area contributed by atoms with Crippen molar-refractivity contribution in [3.05, 3.63) is 23.8 Å². The fourth-order valence-electron chi connectivity index (χ4n) is 1.05. The van der Waals surface area contributed by atoms with E-state index in [4.69, 9.17) is 0 Å². The fraction of sp³-hybridized carbons (Fsp3) is 0.400. The molecule has 0 aliphatic rings. The van der Waals surface area contributed by atoms with Gasteiger partial charge in [-0.15, -0.1) is 12.6 Å². The van der Waals surface area contributed by atoms with E-state index in [2.05, 4.69) is 50.0 Å². The molecule has 0 fully saturated rings. The van der Waals surface area contributed by atoms with Gasteiger partial charge in [0.25, 0.3) is 0 Å². The Bertz CT molecular complexity index is 258. The number of aryl methyl sites for hydroxylation is 1. The molecule has 12 heavy (non-hydrogen) atoms. The van der Waals surface area contributed by atoms with Crippen LogP contribution in [0.25, 0.3) is 0 Å². The van der Waals surface area contributed by atoms with E-state index in [1.54, 1.807) is 0 Å². The minimum absolute atomic E-state index is 1.01. The number of nitrogens with one attached hydrogen (secondary N) is 1. The summed E-state index contributed by atoms with van der Waals surface area (Å²) in [6, 6.07) is 6.24. The van der Waals surface area contributed by atoms with Crippen molar-refractivity contribution in [3.63, 3.8) is 0 Å². The van der Waals surface area contributed by atoms with Gasteiger partial charge in [0, 0.05) is 17.1 Å². The van der Waals surface area contributed by atoms with Gasteiger partial charge in [-0.25, -0.2) is 0 Å². The summed E-state index contributed by atoms with van der Waals surface area (Å²) >= 11 is 4.38. The lowest BCUT2D eigenvalue weighted by atomic mass is 10.2. The number of rotatable bonds is 3. The molecular formula is C10H15NS. The fourth-order valence-corrected chi connectivity index (χ4v) is 1.41. The van der Waals surface area contributed by atoms with Crippen molar-refractivity contribution < 1.29 is 0 Å². The number of anilines is 1. The molecule has 0 aliphatic heterocycles. The molecule has 0 amide bonds.